The number of aliphatic carboxylic acids is 1. The standard InChI is InChI=1S/C33H43N5O8.C27H36N2O8/c1-5-15-45-33(42)38-25-19-26(43-17-10-12-28(40)34-27-20-36(4)30(35-27)22(3)39)21(2)18-23(25)31(41)37-14-8-6-11-24(37)32(38)46-29-13-7-9-16-44-29;1-3-13-36-27(33)29-21-17-22(34-15-8-10-23(30)31)18(2)16-19(21)25(32)28-12-6-4-9-20(28)26(29)37-24-11-5-7-14-35-24/h5,18-20,24,29,32H,1,6-17H2,2-4H3,(H,34,40);3,16-17,20,24,26H,1,4-15H2,2H3,(H,30,31)/t24-,29?,32?;20-,24?,26?/m00/s1. The molecule has 4 saturated heterocycles. The predicted molar refractivity (Wildman–Crippen MR) is 304 cm³/mol. The molecule has 1 aromatic heterocycles. The van der Waals surface area contributed by atoms with Crippen molar-refractivity contribution in [2.24, 2.45) is 7.05 Å². The van der Waals surface area contributed by atoms with Crippen molar-refractivity contribution in [3.63, 3.8) is 0 Å². The zero-order valence-electron chi connectivity index (χ0n) is 48.1. The fraction of sp³-hybridized carbons (Fsp3) is 0.567. The van der Waals surface area contributed by atoms with Gasteiger partial charge in [-0.1, -0.05) is 25.3 Å². The van der Waals surface area contributed by atoms with E-state index in [0.29, 0.717) is 116 Å². The minimum Gasteiger partial charge on any atom is -0.493 e. The number of carbonyl (C=O) groups is 7. The lowest BCUT2D eigenvalue weighted by molar-refractivity contribution is -0.199. The number of fused-ring (bicyclic) bond motifs is 4. The Kier molecular flexibility index (Phi) is 21.8. The molecule has 83 heavy (non-hydrogen) atoms. The number of amides is 5. The number of Topliss-reactive ketones (excluding diaryl/α,β-unsaturated/α-hetero) is 1. The van der Waals surface area contributed by atoms with Gasteiger partial charge in [0.1, 0.15) is 24.7 Å². The first kappa shape index (κ1) is 61.7. The van der Waals surface area contributed by atoms with E-state index in [1.165, 1.54) is 28.9 Å². The van der Waals surface area contributed by atoms with E-state index in [1.807, 2.05) is 23.6 Å². The second-order valence-electron chi connectivity index (χ2n) is 21.5. The third-order valence-electron chi connectivity index (χ3n) is 15.3. The first-order chi connectivity index (χ1) is 40.1. The Morgan fingerprint density at radius 2 is 1.16 bits per heavy atom. The number of benzene rings is 2. The highest BCUT2D eigenvalue weighted by Crippen LogP contribution is 2.42. The van der Waals surface area contributed by atoms with Gasteiger partial charge in [-0.15, -0.1) is 0 Å². The third-order valence-corrected chi connectivity index (χ3v) is 15.3. The van der Waals surface area contributed by atoms with Crippen molar-refractivity contribution >= 4 is 58.9 Å². The monoisotopic (exact) mass is 1150 g/mol. The molecule has 2 N–H and O–H groups in total. The van der Waals surface area contributed by atoms with Crippen molar-refractivity contribution in [1.29, 1.82) is 0 Å². The van der Waals surface area contributed by atoms with Crippen LogP contribution in [-0.2, 0) is 45.1 Å². The summed E-state index contributed by atoms with van der Waals surface area (Å²) in [6.45, 7) is 15.0. The third kappa shape index (κ3) is 15.3. The highest BCUT2D eigenvalue weighted by atomic mass is 16.7. The Morgan fingerprint density at radius 3 is 1.58 bits per heavy atom. The van der Waals surface area contributed by atoms with E-state index in [4.69, 9.17) is 43.0 Å². The fourth-order valence-electron chi connectivity index (χ4n) is 11.3. The normalized spacial score (nSPS) is 22.2. The van der Waals surface area contributed by atoms with Gasteiger partial charge in [-0.2, -0.15) is 0 Å². The number of imidazole rings is 1. The molecule has 6 aliphatic rings. The maximum absolute atomic E-state index is 14.0. The number of aromatic nitrogens is 2. The van der Waals surface area contributed by atoms with Crippen LogP contribution in [0, 0.1) is 13.8 Å². The number of ketones is 1. The molecule has 6 atom stereocenters. The molecule has 0 radical (unpaired) electrons. The van der Waals surface area contributed by atoms with E-state index >= 15 is 0 Å². The summed E-state index contributed by atoms with van der Waals surface area (Å²) in [6.07, 6.45) is 11.5. The van der Waals surface area contributed by atoms with E-state index in [2.05, 4.69) is 23.5 Å². The number of aryl methyl sites for hydroxylation is 3. The van der Waals surface area contributed by atoms with Gasteiger partial charge in [-0.25, -0.2) is 24.4 Å². The van der Waals surface area contributed by atoms with Crippen LogP contribution in [-0.4, -0.2) is 156 Å². The highest BCUT2D eigenvalue weighted by molar-refractivity contribution is 6.07. The first-order valence-corrected chi connectivity index (χ1v) is 29.0. The highest BCUT2D eigenvalue weighted by Gasteiger charge is 2.48. The predicted octanol–water partition coefficient (Wildman–Crippen LogP) is 8.98. The molecule has 9 rings (SSSR count). The lowest BCUT2D eigenvalue weighted by Crippen LogP contribution is -2.57. The summed E-state index contributed by atoms with van der Waals surface area (Å²) >= 11 is 0. The Labute approximate surface area is 484 Å². The Balaban J connectivity index is 0.000000222. The number of piperidine rings is 2. The summed E-state index contributed by atoms with van der Waals surface area (Å²) in [5, 5.41) is 11.6. The molecule has 4 fully saturated rings. The van der Waals surface area contributed by atoms with E-state index < -0.39 is 43.2 Å². The van der Waals surface area contributed by atoms with E-state index in [-0.39, 0.29) is 80.7 Å². The number of hydrogen-bond donors (Lipinski definition) is 2. The van der Waals surface area contributed by atoms with E-state index in [1.54, 1.807) is 42.1 Å². The smallest absolute Gasteiger partial charge is 0.416 e. The summed E-state index contributed by atoms with van der Waals surface area (Å²) in [5.74, 6) is -0.207. The Hall–Kier alpha value is -7.34. The molecule has 450 valence electrons. The van der Waals surface area contributed by atoms with Gasteiger partial charge in [0.2, 0.25) is 5.91 Å². The summed E-state index contributed by atoms with van der Waals surface area (Å²) in [6, 6.07) is 6.07. The molecule has 0 spiro atoms. The molecule has 5 amide bonds. The molecule has 23 heteroatoms. The number of carboxylic acid groups (broad SMARTS) is 1. The van der Waals surface area contributed by atoms with Gasteiger partial charge in [-0.3, -0.25) is 24.0 Å². The maximum Gasteiger partial charge on any atom is 0.416 e. The molecule has 2 aromatic carbocycles. The zero-order chi connectivity index (χ0) is 59.2. The first-order valence-electron chi connectivity index (χ1n) is 29.0. The molecule has 0 bridgehead atoms. The number of nitrogens with zero attached hydrogens (tertiary/aromatic N) is 6. The van der Waals surface area contributed by atoms with E-state index in [0.717, 1.165) is 51.4 Å². The minimum atomic E-state index is -0.898. The number of nitrogens with one attached hydrogen (secondary N) is 1. The number of rotatable bonds is 20. The maximum atomic E-state index is 14.0. The number of anilines is 3. The molecule has 6 aliphatic heterocycles. The van der Waals surface area contributed by atoms with Gasteiger partial charge >= 0.3 is 18.2 Å². The average molecular weight is 1150 g/mol. The topological polar surface area (TPSA) is 256 Å². The number of hydrogen-bond acceptors (Lipinski definition) is 16. The molecule has 23 nitrogen and oxygen atoms in total. The van der Waals surface area contributed by atoms with E-state index in [9.17, 15) is 33.6 Å². The van der Waals surface area contributed by atoms with Crippen LogP contribution in [0.4, 0.5) is 26.8 Å². The molecule has 4 unspecified atom stereocenters. The Bertz CT molecular complexity index is 2840. The van der Waals surface area contributed by atoms with Crippen molar-refractivity contribution in [3.05, 3.63) is 83.9 Å². The van der Waals surface area contributed by atoms with Crippen LogP contribution in [0.3, 0.4) is 0 Å². The average Bonchev–Trinajstić information content (AvgIpc) is 2.19. The summed E-state index contributed by atoms with van der Waals surface area (Å²) in [4.78, 5) is 101. The van der Waals surface area contributed by atoms with Crippen molar-refractivity contribution in [2.45, 2.75) is 161 Å². The van der Waals surface area contributed by atoms with Crippen molar-refractivity contribution in [1.82, 2.24) is 19.4 Å². The number of ether oxygens (including phenoxy) is 8. The van der Waals surface area contributed by atoms with Crippen molar-refractivity contribution < 1.29 is 76.6 Å². The minimum absolute atomic E-state index is 0.00402. The lowest BCUT2D eigenvalue weighted by Gasteiger charge is -2.42. The van der Waals surface area contributed by atoms with Crippen LogP contribution in [0.1, 0.15) is 152 Å². The fourth-order valence-corrected chi connectivity index (χ4v) is 11.3. The van der Waals surface area contributed by atoms with Crippen LogP contribution < -0.4 is 24.6 Å². The van der Waals surface area contributed by atoms with Crippen LogP contribution >= 0.6 is 0 Å². The molecular formula is C60H79N7O16. The zero-order valence-corrected chi connectivity index (χ0v) is 48.1. The van der Waals surface area contributed by atoms with Crippen LogP contribution in [0.25, 0.3) is 0 Å². The summed E-state index contributed by atoms with van der Waals surface area (Å²) in [7, 11) is 1.69. The number of carbonyl (C=O) groups excluding carboxylic acids is 6. The SMILES string of the molecule is C=CCOC(=O)N1c2cc(OCCCC(=O)Nc3cn(C)c(C(C)=O)n3)c(C)cc2C(=O)N2CCCC[C@H]2C1OC1CCCCO1.C=CCOC(=O)N1c2cc(OCCCC(=O)O)c(C)cc2C(=O)N2CCCC[C@H]2C1OC1CCCCO1. The summed E-state index contributed by atoms with van der Waals surface area (Å²) < 4.78 is 49.4. The molecule has 3 aromatic rings. The van der Waals surface area contributed by atoms with Crippen molar-refractivity contribution in [3.8, 4) is 11.5 Å². The van der Waals surface area contributed by atoms with Crippen LogP contribution in [0.15, 0.2) is 55.8 Å². The van der Waals surface area contributed by atoms with Crippen molar-refractivity contribution in [2.75, 3.05) is 67.8 Å². The van der Waals surface area contributed by atoms with Gasteiger partial charge in [0.25, 0.3) is 11.8 Å². The largest absolute Gasteiger partial charge is 0.493 e. The second-order valence-corrected chi connectivity index (χ2v) is 21.5. The lowest BCUT2D eigenvalue weighted by atomic mass is 10.00. The van der Waals surface area contributed by atoms with Gasteiger partial charge < -0.3 is 62.7 Å². The van der Waals surface area contributed by atoms with Gasteiger partial charge in [0.15, 0.2) is 42.5 Å². The van der Waals surface area contributed by atoms with Crippen LogP contribution in [0.5, 0.6) is 11.5 Å². The molecule has 0 aliphatic carbocycles. The molecule has 7 heterocycles. The van der Waals surface area contributed by atoms with Gasteiger partial charge in [0.05, 0.1) is 47.8 Å². The quantitative estimate of drug-likeness (QED) is 0.0608. The summed E-state index contributed by atoms with van der Waals surface area (Å²) in [5.41, 5.74) is 2.84. The Morgan fingerprint density at radius 1 is 0.687 bits per heavy atom. The van der Waals surface area contributed by atoms with Gasteiger partial charge in [-0.05, 0) is 127 Å². The molecule has 0 saturated carbocycles. The van der Waals surface area contributed by atoms with Crippen LogP contribution in [0.2, 0.25) is 0 Å². The number of carboxylic acids is 1. The van der Waals surface area contributed by atoms with Gasteiger partial charge in [0, 0.05) is 71.4 Å². The second kappa shape index (κ2) is 29.3. The molecular weight excluding hydrogens is 1070 g/mol.